The molecule has 3 aromatic rings. The summed E-state index contributed by atoms with van der Waals surface area (Å²) in [7, 11) is 1.61. The predicted octanol–water partition coefficient (Wildman–Crippen LogP) is 3.91. The fourth-order valence-electron chi connectivity index (χ4n) is 2.49. The lowest BCUT2D eigenvalue weighted by molar-refractivity contribution is -0.120. The lowest BCUT2D eigenvalue weighted by atomic mass is 10.2. The molecular weight excluding hydrogens is 388 g/mol. The molecule has 150 valence electrons. The van der Waals surface area contributed by atoms with E-state index >= 15 is 0 Å². The number of hydrogen-bond donors (Lipinski definition) is 1. The molecule has 3 rings (SSSR count). The van der Waals surface area contributed by atoms with E-state index in [0.717, 1.165) is 16.2 Å². The van der Waals surface area contributed by atoms with Gasteiger partial charge in [0.1, 0.15) is 19.0 Å². The summed E-state index contributed by atoms with van der Waals surface area (Å²) in [5.41, 5.74) is 3.39. The summed E-state index contributed by atoms with van der Waals surface area (Å²) in [6, 6.07) is 18.8. The lowest BCUT2D eigenvalue weighted by Gasteiger charge is -2.11. The minimum absolute atomic E-state index is 0.140. The molecule has 0 aliphatic heterocycles. The van der Waals surface area contributed by atoms with Gasteiger partial charge in [-0.15, -0.1) is 11.3 Å². The van der Waals surface area contributed by atoms with E-state index < -0.39 is 0 Å². The Bertz CT molecular complexity index is 924. The van der Waals surface area contributed by atoms with Gasteiger partial charge >= 0.3 is 0 Å². The van der Waals surface area contributed by atoms with E-state index in [9.17, 15) is 4.79 Å². The number of methoxy groups -OCH3 is 1. The van der Waals surface area contributed by atoms with Gasteiger partial charge in [-0.2, -0.15) is 5.10 Å². The zero-order valence-electron chi connectivity index (χ0n) is 16.0. The van der Waals surface area contributed by atoms with Crippen LogP contribution in [0.3, 0.4) is 0 Å². The zero-order valence-corrected chi connectivity index (χ0v) is 16.9. The van der Waals surface area contributed by atoms with Crippen LogP contribution in [0, 0.1) is 0 Å². The molecule has 0 fully saturated rings. The number of para-hydroxylation sites is 2. The molecule has 0 radical (unpaired) electrons. The molecule has 2 aromatic carbocycles. The Balaban J connectivity index is 1.38. The SMILES string of the molecule is COc1ccccc1OCCOc1ccc(/C=N\NC(=O)Cc2cccs2)cc1. The zero-order chi connectivity index (χ0) is 20.3. The summed E-state index contributed by atoms with van der Waals surface area (Å²) in [5.74, 6) is 1.97. The van der Waals surface area contributed by atoms with E-state index in [0.29, 0.717) is 31.1 Å². The van der Waals surface area contributed by atoms with E-state index in [2.05, 4.69) is 10.5 Å². The first-order valence-electron chi connectivity index (χ1n) is 9.07. The molecule has 0 aliphatic rings. The molecule has 7 heteroatoms. The van der Waals surface area contributed by atoms with Crippen LogP contribution in [0.5, 0.6) is 17.2 Å². The highest BCUT2D eigenvalue weighted by atomic mass is 32.1. The van der Waals surface area contributed by atoms with Crippen LogP contribution in [0.1, 0.15) is 10.4 Å². The molecule has 0 saturated heterocycles. The van der Waals surface area contributed by atoms with Crippen molar-refractivity contribution in [2.75, 3.05) is 20.3 Å². The minimum Gasteiger partial charge on any atom is -0.493 e. The second kappa shape index (κ2) is 10.9. The quantitative estimate of drug-likeness (QED) is 0.313. The molecule has 6 nitrogen and oxygen atoms in total. The standard InChI is InChI=1S/C22H22N2O4S/c1-26-20-6-2-3-7-21(20)28-13-12-27-18-10-8-17(9-11-18)16-23-24-22(25)15-19-5-4-14-29-19/h2-11,14,16H,12-13,15H2,1H3,(H,24,25)/b23-16-. The van der Waals surface area contributed by atoms with Gasteiger partial charge in [-0.05, 0) is 53.4 Å². The number of amides is 1. The van der Waals surface area contributed by atoms with Crippen LogP contribution in [0.4, 0.5) is 0 Å². The average molecular weight is 410 g/mol. The molecular formula is C22H22N2O4S. The van der Waals surface area contributed by atoms with Crippen molar-refractivity contribution in [3.05, 3.63) is 76.5 Å². The topological polar surface area (TPSA) is 69.2 Å². The molecule has 0 bridgehead atoms. The predicted molar refractivity (Wildman–Crippen MR) is 114 cm³/mol. The third-order valence-electron chi connectivity index (χ3n) is 3.88. The van der Waals surface area contributed by atoms with Gasteiger partial charge in [0.05, 0.1) is 19.7 Å². The fraction of sp³-hybridized carbons (Fsp3) is 0.182. The molecule has 1 heterocycles. The van der Waals surface area contributed by atoms with E-state index in [1.165, 1.54) is 0 Å². The fourth-order valence-corrected chi connectivity index (χ4v) is 3.19. The number of ether oxygens (including phenoxy) is 3. The van der Waals surface area contributed by atoms with Gasteiger partial charge < -0.3 is 14.2 Å². The maximum absolute atomic E-state index is 11.8. The highest BCUT2D eigenvalue weighted by Gasteiger charge is 2.03. The van der Waals surface area contributed by atoms with Crippen molar-refractivity contribution >= 4 is 23.5 Å². The van der Waals surface area contributed by atoms with Crippen molar-refractivity contribution in [2.24, 2.45) is 5.10 Å². The first kappa shape index (κ1) is 20.4. The maximum atomic E-state index is 11.8. The summed E-state index contributed by atoms with van der Waals surface area (Å²) in [6.07, 6.45) is 1.93. The van der Waals surface area contributed by atoms with Gasteiger partial charge in [0.25, 0.3) is 0 Å². The summed E-state index contributed by atoms with van der Waals surface area (Å²) < 4.78 is 16.6. The van der Waals surface area contributed by atoms with E-state index in [-0.39, 0.29) is 5.91 Å². The molecule has 1 amide bonds. The monoisotopic (exact) mass is 410 g/mol. The van der Waals surface area contributed by atoms with Crippen LogP contribution in [0.2, 0.25) is 0 Å². The lowest BCUT2D eigenvalue weighted by Crippen LogP contribution is -2.19. The van der Waals surface area contributed by atoms with Gasteiger partial charge in [0.2, 0.25) is 5.91 Å². The molecule has 0 aliphatic carbocycles. The van der Waals surface area contributed by atoms with E-state index in [1.807, 2.05) is 66.0 Å². The Kier molecular flexibility index (Phi) is 7.65. The Morgan fingerprint density at radius 1 is 1.00 bits per heavy atom. The van der Waals surface area contributed by atoms with Crippen molar-refractivity contribution in [1.29, 1.82) is 0 Å². The summed E-state index contributed by atoms with van der Waals surface area (Å²) in [5, 5.41) is 5.93. The van der Waals surface area contributed by atoms with Crippen molar-refractivity contribution in [3.63, 3.8) is 0 Å². The van der Waals surface area contributed by atoms with E-state index in [4.69, 9.17) is 14.2 Å². The smallest absolute Gasteiger partial charge is 0.245 e. The van der Waals surface area contributed by atoms with Crippen LogP contribution < -0.4 is 19.6 Å². The molecule has 0 unspecified atom stereocenters. The van der Waals surface area contributed by atoms with Gasteiger partial charge in [0, 0.05) is 4.88 Å². The molecule has 1 N–H and O–H groups in total. The van der Waals surface area contributed by atoms with Crippen molar-refractivity contribution < 1.29 is 19.0 Å². The van der Waals surface area contributed by atoms with Crippen LogP contribution >= 0.6 is 11.3 Å². The van der Waals surface area contributed by atoms with Crippen molar-refractivity contribution in [3.8, 4) is 17.2 Å². The number of thiophene rings is 1. The first-order valence-corrected chi connectivity index (χ1v) is 9.95. The third kappa shape index (κ3) is 6.65. The highest BCUT2D eigenvalue weighted by Crippen LogP contribution is 2.25. The van der Waals surface area contributed by atoms with Crippen LogP contribution in [0.25, 0.3) is 0 Å². The number of nitrogens with zero attached hydrogens (tertiary/aromatic N) is 1. The normalized spacial score (nSPS) is 10.7. The summed E-state index contributed by atoms with van der Waals surface area (Å²) in [4.78, 5) is 12.8. The third-order valence-corrected chi connectivity index (χ3v) is 4.75. The van der Waals surface area contributed by atoms with Crippen LogP contribution in [0.15, 0.2) is 71.1 Å². The highest BCUT2D eigenvalue weighted by molar-refractivity contribution is 7.10. The van der Waals surface area contributed by atoms with Gasteiger partial charge in [-0.3, -0.25) is 4.79 Å². The van der Waals surface area contributed by atoms with Gasteiger partial charge in [-0.1, -0.05) is 18.2 Å². The Morgan fingerprint density at radius 2 is 1.76 bits per heavy atom. The number of hydrazone groups is 1. The summed E-state index contributed by atoms with van der Waals surface area (Å²) in [6.45, 7) is 0.810. The molecule has 0 atom stereocenters. The molecule has 1 aromatic heterocycles. The van der Waals surface area contributed by atoms with Crippen molar-refractivity contribution in [1.82, 2.24) is 5.43 Å². The van der Waals surface area contributed by atoms with Crippen molar-refractivity contribution in [2.45, 2.75) is 6.42 Å². The molecule has 0 saturated carbocycles. The number of benzene rings is 2. The Hall–Kier alpha value is -3.32. The molecule has 0 spiro atoms. The number of carbonyl (C=O) groups is 1. The Labute approximate surface area is 173 Å². The van der Waals surface area contributed by atoms with Crippen LogP contribution in [-0.4, -0.2) is 32.4 Å². The summed E-state index contributed by atoms with van der Waals surface area (Å²) >= 11 is 1.55. The number of carbonyl (C=O) groups excluding carboxylic acids is 1. The second-order valence-electron chi connectivity index (χ2n) is 5.97. The number of nitrogens with one attached hydrogen (secondary N) is 1. The van der Waals surface area contributed by atoms with Gasteiger partial charge in [-0.25, -0.2) is 5.43 Å². The molecule has 29 heavy (non-hydrogen) atoms. The average Bonchev–Trinajstić information content (AvgIpc) is 3.25. The second-order valence-corrected chi connectivity index (χ2v) is 7.00. The number of rotatable bonds is 10. The van der Waals surface area contributed by atoms with Crippen LogP contribution in [-0.2, 0) is 11.2 Å². The maximum Gasteiger partial charge on any atom is 0.245 e. The Morgan fingerprint density at radius 3 is 2.48 bits per heavy atom. The largest absolute Gasteiger partial charge is 0.493 e. The van der Waals surface area contributed by atoms with E-state index in [1.54, 1.807) is 24.7 Å². The first-order chi connectivity index (χ1) is 14.2. The van der Waals surface area contributed by atoms with Gasteiger partial charge in [0.15, 0.2) is 11.5 Å². The number of hydrogen-bond acceptors (Lipinski definition) is 6. The minimum atomic E-state index is -0.140.